The SMILES string of the molecule is O=Cc1ccccc1-c1ccc2ccccc2c1C=O. The van der Waals surface area contributed by atoms with Crippen molar-refractivity contribution >= 4 is 23.3 Å². The molecule has 0 fully saturated rings. The highest BCUT2D eigenvalue weighted by Crippen LogP contribution is 2.30. The lowest BCUT2D eigenvalue weighted by Crippen LogP contribution is -1.93. The molecular formula is C18H12O2. The number of benzene rings is 3. The number of rotatable bonds is 3. The molecule has 2 nitrogen and oxygen atoms in total. The summed E-state index contributed by atoms with van der Waals surface area (Å²) in [5.41, 5.74) is 2.79. The Kier molecular flexibility index (Phi) is 3.13. The highest BCUT2D eigenvalue weighted by Gasteiger charge is 2.11. The van der Waals surface area contributed by atoms with Gasteiger partial charge in [-0.15, -0.1) is 0 Å². The van der Waals surface area contributed by atoms with Gasteiger partial charge in [-0.3, -0.25) is 9.59 Å². The van der Waals surface area contributed by atoms with Crippen molar-refractivity contribution in [1.82, 2.24) is 0 Å². The predicted octanol–water partition coefficient (Wildman–Crippen LogP) is 4.13. The Balaban J connectivity index is 2.37. The van der Waals surface area contributed by atoms with Gasteiger partial charge in [0.2, 0.25) is 0 Å². The standard InChI is InChI=1S/C18H12O2/c19-11-14-6-2-4-8-16(14)17-10-9-13-5-1-3-7-15(13)18(17)12-20/h1-12H. The van der Waals surface area contributed by atoms with Gasteiger partial charge in [-0.1, -0.05) is 60.7 Å². The molecule has 0 aliphatic rings. The van der Waals surface area contributed by atoms with Gasteiger partial charge in [0.05, 0.1) is 0 Å². The Labute approximate surface area is 116 Å². The van der Waals surface area contributed by atoms with Gasteiger partial charge < -0.3 is 0 Å². The van der Waals surface area contributed by atoms with E-state index >= 15 is 0 Å². The fraction of sp³-hybridized carbons (Fsp3) is 0. The molecule has 0 spiro atoms. The number of hydrogen-bond donors (Lipinski definition) is 0. The summed E-state index contributed by atoms with van der Waals surface area (Å²) in [6.45, 7) is 0. The van der Waals surface area contributed by atoms with Crippen molar-refractivity contribution < 1.29 is 9.59 Å². The first kappa shape index (κ1) is 12.3. The molecule has 20 heavy (non-hydrogen) atoms. The molecule has 0 atom stereocenters. The lowest BCUT2D eigenvalue weighted by Gasteiger charge is -2.10. The summed E-state index contributed by atoms with van der Waals surface area (Å²) in [5.74, 6) is 0. The molecule has 0 saturated heterocycles. The van der Waals surface area contributed by atoms with Gasteiger partial charge in [-0.2, -0.15) is 0 Å². The third-order valence-corrected chi connectivity index (χ3v) is 3.47. The van der Waals surface area contributed by atoms with Gasteiger partial charge in [0.15, 0.2) is 12.6 Å². The molecule has 0 aliphatic carbocycles. The monoisotopic (exact) mass is 260 g/mol. The number of hydrogen-bond acceptors (Lipinski definition) is 2. The first-order chi connectivity index (χ1) is 9.85. The van der Waals surface area contributed by atoms with E-state index in [-0.39, 0.29) is 0 Å². The minimum Gasteiger partial charge on any atom is -0.298 e. The Morgan fingerprint density at radius 2 is 1.40 bits per heavy atom. The molecule has 3 aromatic rings. The fourth-order valence-electron chi connectivity index (χ4n) is 2.50. The van der Waals surface area contributed by atoms with Gasteiger partial charge in [0.25, 0.3) is 0 Å². The maximum Gasteiger partial charge on any atom is 0.151 e. The van der Waals surface area contributed by atoms with Crippen LogP contribution in [0.4, 0.5) is 0 Å². The molecule has 0 aliphatic heterocycles. The molecule has 2 heteroatoms. The van der Waals surface area contributed by atoms with E-state index in [1.165, 1.54) is 0 Å². The van der Waals surface area contributed by atoms with Crippen molar-refractivity contribution in [3.8, 4) is 11.1 Å². The molecule has 0 amide bonds. The van der Waals surface area contributed by atoms with Crippen LogP contribution in [0.25, 0.3) is 21.9 Å². The normalized spacial score (nSPS) is 10.4. The van der Waals surface area contributed by atoms with Crippen LogP contribution < -0.4 is 0 Å². The minimum atomic E-state index is 0.589. The summed E-state index contributed by atoms with van der Waals surface area (Å²) in [6.07, 6.45) is 1.68. The van der Waals surface area contributed by atoms with Gasteiger partial charge in [-0.25, -0.2) is 0 Å². The summed E-state index contributed by atoms with van der Waals surface area (Å²) in [6, 6.07) is 18.9. The predicted molar refractivity (Wildman–Crippen MR) is 80.2 cm³/mol. The second-order valence-electron chi connectivity index (χ2n) is 4.57. The highest BCUT2D eigenvalue weighted by molar-refractivity contribution is 6.06. The molecule has 0 bridgehead atoms. The van der Waals surface area contributed by atoms with Gasteiger partial charge >= 0.3 is 0 Å². The number of aldehydes is 2. The maximum atomic E-state index is 11.5. The lowest BCUT2D eigenvalue weighted by molar-refractivity contribution is 0.111. The third kappa shape index (κ3) is 1.91. The van der Waals surface area contributed by atoms with Gasteiger partial charge in [0.1, 0.15) is 0 Å². The zero-order valence-corrected chi connectivity index (χ0v) is 10.7. The molecule has 0 N–H and O–H groups in total. The van der Waals surface area contributed by atoms with Crippen molar-refractivity contribution in [2.24, 2.45) is 0 Å². The third-order valence-electron chi connectivity index (χ3n) is 3.47. The molecular weight excluding hydrogens is 248 g/mol. The zero-order chi connectivity index (χ0) is 13.9. The molecule has 0 saturated carbocycles. The Hall–Kier alpha value is -2.74. The molecule has 3 aromatic carbocycles. The highest BCUT2D eigenvalue weighted by atomic mass is 16.1. The second kappa shape index (κ2) is 5.10. The van der Waals surface area contributed by atoms with Crippen molar-refractivity contribution in [1.29, 1.82) is 0 Å². The van der Waals surface area contributed by atoms with Crippen LogP contribution in [-0.2, 0) is 0 Å². The van der Waals surface area contributed by atoms with E-state index in [4.69, 9.17) is 0 Å². The van der Waals surface area contributed by atoms with Crippen molar-refractivity contribution in [2.75, 3.05) is 0 Å². The lowest BCUT2D eigenvalue weighted by atomic mass is 9.92. The van der Waals surface area contributed by atoms with Gasteiger partial charge in [-0.05, 0) is 21.9 Å². The van der Waals surface area contributed by atoms with E-state index in [1.54, 1.807) is 6.07 Å². The summed E-state index contributed by atoms with van der Waals surface area (Å²) in [5, 5.41) is 1.92. The van der Waals surface area contributed by atoms with Crippen LogP contribution in [0.5, 0.6) is 0 Å². The molecule has 0 unspecified atom stereocenters. The van der Waals surface area contributed by atoms with E-state index < -0.39 is 0 Å². The molecule has 0 heterocycles. The van der Waals surface area contributed by atoms with Crippen molar-refractivity contribution in [3.05, 3.63) is 71.8 Å². The van der Waals surface area contributed by atoms with Crippen molar-refractivity contribution in [2.45, 2.75) is 0 Å². The smallest absolute Gasteiger partial charge is 0.151 e. The average molecular weight is 260 g/mol. The van der Waals surface area contributed by atoms with E-state index in [1.807, 2.05) is 54.6 Å². The van der Waals surface area contributed by atoms with Gasteiger partial charge in [0, 0.05) is 11.1 Å². The van der Waals surface area contributed by atoms with Crippen LogP contribution in [0.1, 0.15) is 20.7 Å². The second-order valence-corrected chi connectivity index (χ2v) is 4.57. The van der Waals surface area contributed by atoms with E-state index in [2.05, 4.69) is 0 Å². The van der Waals surface area contributed by atoms with E-state index in [0.29, 0.717) is 11.1 Å². The van der Waals surface area contributed by atoms with E-state index in [9.17, 15) is 9.59 Å². The minimum absolute atomic E-state index is 0.589. The summed E-state index contributed by atoms with van der Waals surface area (Å²) < 4.78 is 0. The number of carbonyl (C=O) groups excluding carboxylic acids is 2. The van der Waals surface area contributed by atoms with E-state index in [0.717, 1.165) is 34.5 Å². The largest absolute Gasteiger partial charge is 0.298 e. The fourth-order valence-corrected chi connectivity index (χ4v) is 2.50. The molecule has 3 rings (SSSR count). The first-order valence-electron chi connectivity index (χ1n) is 6.36. The quantitative estimate of drug-likeness (QED) is 0.663. The maximum absolute atomic E-state index is 11.5. The Morgan fingerprint density at radius 3 is 2.20 bits per heavy atom. The molecule has 0 radical (unpaired) electrons. The van der Waals surface area contributed by atoms with Crippen LogP contribution in [0.3, 0.4) is 0 Å². The first-order valence-corrected chi connectivity index (χ1v) is 6.36. The average Bonchev–Trinajstić information content (AvgIpc) is 2.53. The number of fused-ring (bicyclic) bond motifs is 1. The van der Waals surface area contributed by atoms with Crippen LogP contribution in [0.2, 0.25) is 0 Å². The van der Waals surface area contributed by atoms with Crippen LogP contribution in [0, 0.1) is 0 Å². The van der Waals surface area contributed by atoms with Crippen molar-refractivity contribution in [3.63, 3.8) is 0 Å². The van der Waals surface area contributed by atoms with Crippen LogP contribution >= 0.6 is 0 Å². The summed E-state index contributed by atoms with van der Waals surface area (Å²) >= 11 is 0. The van der Waals surface area contributed by atoms with Crippen LogP contribution in [0.15, 0.2) is 60.7 Å². The summed E-state index contributed by atoms with van der Waals surface area (Å²) in [4.78, 5) is 22.7. The van der Waals surface area contributed by atoms with Crippen LogP contribution in [-0.4, -0.2) is 12.6 Å². The topological polar surface area (TPSA) is 34.1 Å². The summed E-state index contributed by atoms with van der Waals surface area (Å²) in [7, 11) is 0. The molecule has 96 valence electrons. The number of carbonyl (C=O) groups is 2. The Morgan fingerprint density at radius 1 is 0.650 bits per heavy atom. The Bertz CT molecular complexity index is 803. The zero-order valence-electron chi connectivity index (χ0n) is 10.7. The molecule has 0 aromatic heterocycles.